The molecule has 0 saturated carbocycles. The second-order valence-corrected chi connectivity index (χ2v) is 12.8. The van der Waals surface area contributed by atoms with Crippen LogP contribution in [0.15, 0.2) is 165 Å². The van der Waals surface area contributed by atoms with E-state index in [-0.39, 0.29) is 0 Å². The molecule has 0 fully saturated rings. The fourth-order valence-electron chi connectivity index (χ4n) is 7.32. The van der Waals surface area contributed by atoms with E-state index in [1.165, 1.54) is 0 Å². The quantitative estimate of drug-likeness (QED) is 0.188. The molecule has 11 rings (SSSR count). The topological polar surface area (TPSA) is 78.1 Å². The van der Waals surface area contributed by atoms with Gasteiger partial charge in [-0.3, -0.25) is 0 Å². The Kier molecular flexibility index (Phi) is 5.86. The monoisotopic (exact) mass is 655 g/mol. The molecule has 51 heavy (non-hydrogen) atoms. The maximum absolute atomic E-state index is 6.59. The molecule has 0 atom stereocenters. The van der Waals surface area contributed by atoms with E-state index in [4.69, 9.17) is 28.2 Å². The Morgan fingerprint density at radius 1 is 0.294 bits per heavy atom. The lowest BCUT2D eigenvalue weighted by Gasteiger charge is -2.08. The van der Waals surface area contributed by atoms with Gasteiger partial charge in [-0.1, -0.05) is 115 Å². The summed E-state index contributed by atoms with van der Waals surface area (Å²) in [6.07, 6.45) is 0. The lowest BCUT2D eigenvalue weighted by atomic mass is 9.99. The predicted octanol–water partition coefficient (Wildman–Crippen LogP) is 12.2. The summed E-state index contributed by atoms with van der Waals surface area (Å²) in [5, 5.41) is 6.29. The number of hydrogen-bond acceptors (Lipinski definition) is 6. The van der Waals surface area contributed by atoms with Crippen LogP contribution in [-0.2, 0) is 0 Å². The molecular weight excluding hydrogens is 631 g/mol. The summed E-state index contributed by atoms with van der Waals surface area (Å²) in [6, 6.07) is 51.1. The van der Waals surface area contributed by atoms with Crippen LogP contribution in [0.2, 0.25) is 0 Å². The number of rotatable bonds is 4. The summed E-state index contributed by atoms with van der Waals surface area (Å²) in [5.41, 5.74) is 9.52. The molecule has 238 valence electrons. The van der Waals surface area contributed by atoms with Crippen LogP contribution in [0.25, 0.3) is 111 Å². The average Bonchev–Trinajstić information content (AvgIpc) is 3.88. The van der Waals surface area contributed by atoms with Gasteiger partial charge in [0.2, 0.25) is 0 Å². The van der Waals surface area contributed by atoms with E-state index >= 15 is 0 Å². The van der Waals surface area contributed by atoms with Crippen LogP contribution in [0.4, 0.5) is 0 Å². The van der Waals surface area contributed by atoms with Crippen LogP contribution in [0.3, 0.4) is 0 Å². The van der Waals surface area contributed by atoms with Crippen molar-refractivity contribution in [3.63, 3.8) is 0 Å². The number of aromatic nitrogens is 3. The summed E-state index contributed by atoms with van der Waals surface area (Å²) in [4.78, 5) is 14.8. The SMILES string of the molecule is c1ccc(-c2nc(-c3ccccc3)nc(-c3cccc4c3oc3ccc(-c5cccc6c5oc5cc7oc8ccccc8c7cc56)cc34)n2)cc1. The second-order valence-electron chi connectivity index (χ2n) is 12.8. The van der Waals surface area contributed by atoms with Crippen molar-refractivity contribution in [1.82, 2.24) is 15.0 Å². The van der Waals surface area contributed by atoms with Gasteiger partial charge in [-0.05, 0) is 35.9 Å². The van der Waals surface area contributed by atoms with Crippen molar-refractivity contribution >= 4 is 65.8 Å². The van der Waals surface area contributed by atoms with Gasteiger partial charge in [0.05, 0.1) is 5.56 Å². The van der Waals surface area contributed by atoms with Gasteiger partial charge in [0.15, 0.2) is 17.5 Å². The first-order valence-electron chi connectivity index (χ1n) is 16.8. The molecule has 4 aromatic heterocycles. The molecule has 0 saturated heterocycles. The summed E-state index contributed by atoms with van der Waals surface area (Å²) in [6.45, 7) is 0. The maximum atomic E-state index is 6.59. The Bertz CT molecular complexity index is 3080. The van der Waals surface area contributed by atoms with Crippen molar-refractivity contribution in [2.75, 3.05) is 0 Å². The first-order chi connectivity index (χ1) is 25.2. The highest BCUT2D eigenvalue weighted by Crippen LogP contribution is 2.42. The minimum absolute atomic E-state index is 0.554. The van der Waals surface area contributed by atoms with Gasteiger partial charge in [0, 0.05) is 55.1 Å². The van der Waals surface area contributed by atoms with E-state index in [2.05, 4.69) is 48.5 Å². The number of fused-ring (bicyclic) bond motifs is 9. The zero-order valence-corrected chi connectivity index (χ0v) is 27.0. The van der Waals surface area contributed by atoms with Crippen LogP contribution in [0.5, 0.6) is 0 Å². The number of benzene rings is 7. The number of para-hydroxylation sites is 3. The molecule has 11 aromatic rings. The number of furan rings is 3. The first-order valence-corrected chi connectivity index (χ1v) is 16.8. The van der Waals surface area contributed by atoms with E-state index in [1.807, 2.05) is 103 Å². The zero-order valence-electron chi connectivity index (χ0n) is 27.0. The van der Waals surface area contributed by atoms with Crippen LogP contribution >= 0.6 is 0 Å². The Hall–Kier alpha value is -7.05. The summed E-state index contributed by atoms with van der Waals surface area (Å²) in [5.74, 6) is 1.77. The van der Waals surface area contributed by atoms with Gasteiger partial charge in [0.1, 0.15) is 33.5 Å². The third-order valence-electron chi connectivity index (χ3n) is 9.74. The van der Waals surface area contributed by atoms with E-state index in [1.54, 1.807) is 0 Å². The van der Waals surface area contributed by atoms with Gasteiger partial charge >= 0.3 is 0 Å². The Labute approximate surface area is 290 Å². The molecule has 0 aliphatic rings. The molecule has 0 amide bonds. The van der Waals surface area contributed by atoms with E-state index in [9.17, 15) is 0 Å². The zero-order chi connectivity index (χ0) is 33.5. The van der Waals surface area contributed by atoms with Crippen molar-refractivity contribution in [2.24, 2.45) is 0 Å². The molecule has 0 N–H and O–H groups in total. The number of hydrogen-bond donors (Lipinski definition) is 0. The fourth-order valence-corrected chi connectivity index (χ4v) is 7.32. The molecule has 0 bridgehead atoms. The van der Waals surface area contributed by atoms with Crippen molar-refractivity contribution in [1.29, 1.82) is 0 Å². The third-order valence-corrected chi connectivity index (χ3v) is 9.74. The second kappa shape index (κ2) is 10.7. The smallest absolute Gasteiger partial charge is 0.167 e. The Morgan fingerprint density at radius 3 is 1.57 bits per heavy atom. The van der Waals surface area contributed by atoms with Gasteiger partial charge in [-0.2, -0.15) is 0 Å². The largest absolute Gasteiger partial charge is 0.456 e. The lowest BCUT2D eigenvalue weighted by Crippen LogP contribution is -2.00. The van der Waals surface area contributed by atoms with Gasteiger partial charge in [-0.25, -0.2) is 15.0 Å². The first kappa shape index (κ1) is 27.9. The standard InChI is InChI=1S/C45H25N3O3/c1-3-11-26(12-4-1)43-46-44(27-13-5-2-6-14-27)48-45(47-43)33-19-10-18-31-34-23-28(21-22-38(34)50-42(31)33)29-16-9-17-32-36-24-35-30-15-7-8-20-37(30)49-39(35)25-40(36)51-41(29)32/h1-25H. The molecule has 6 nitrogen and oxygen atoms in total. The molecule has 0 unspecified atom stereocenters. The minimum Gasteiger partial charge on any atom is -0.456 e. The molecule has 0 radical (unpaired) electrons. The predicted molar refractivity (Wildman–Crippen MR) is 203 cm³/mol. The van der Waals surface area contributed by atoms with Gasteiger partial charge in [-0.15, -0.1) is 0 Å². The summed E-state index contributed by atoms with van der Waals surface area (Å²) in [7, 11) is 0. The van der Waals surface area contributed by atoms with Gasteiger partial charge < -0.3 is 13.3 Å². The van der Waals surface area contributed by atoms with E-state index in [0.29, 0.717) is 17.5 Å². The van der Waals surface area contributed by atoms with Crippen LogP contribution < -0.4 is 0 Å². The normalized spacial score (nSPS) is 11.9. The average molecular weight is 656 g/mol. The summed E-state index contributed by atoms with van der Waals surface area (Å²) >= 11 is 0. The highest BCUT2D eigenvalue weighted by molar-refractivity contribution is 6.17. The van der Waals surface area contributed by atoms with Crippen molar-refractivity contribution < 1.29 is 13.3 Å². The van der Waals surface area contributed by atoms with Crippen molar-refractivity contribution in [2.45, 2.75) is 0 Å². The van der Waals surface area contributed by atoms with E-state index in [0.717, 1.165) is 93.6 Å². The lowest BCUT2D eigenvalue weighted by molar-refractivity contribution is 0.656. The fraction of sp³-hybridized carbons (Fsp3) is 0. The van der Waals surface area contributed by atoms with Crippen LogP contribution in [0.1, 0.15) is 0 Å². The van der Waals surface area contributed by atoms with E-state index < -0.39 is 0 Å². The van der Waals surface area contributed by atoms with Gasteiger partial charge in [0.25, 0.3) is 0 Å². The minimum atomic E-state index is 0.554. The molecular formula is C45H25N3O3. The third kappa shape index (κ3) is 4.33. The molecule has 6 heteroatoms. The van der Waals surface area contributed by atoms with Crippen molar-refractivity contribution in [3.05, 3.63) is 152 Å². The van der Waals surface area contributed by atoms with Crippen LogP contribution in [-0.4, -0.2) is 15.0 Å². The highest BCUT2D eigenvalue weighted by atomic mass is 16.3. The molecule has 0 spiro atoms. The molecule has 7 aromatic carbocycles. The Balaban J connectivity index is 1.07. The molecule has 4 heterocycles. The van der Waals surface area contributed by atoms with Crippen molar-refractivity contribution in [3.8, 4) is 45.3 Å². The Morgan fingerprint density at radius 2 is 0.824 bits per heavy atom. The highest BCUT2D eigenvalue weighted by Gasteiger charge is 2.20. The van der Waals surface area contributed by atoms with Crippen LogP contribution in [0, 0.1) is 0 Å². The molecule has 0 aliphatic heterocycles. The molecule has 0 aliphatic carbocycles. The number of nitrogens with zero attached hydrogens (tertiary/aromatic N) is 3. The maximum Gasteiger partial charge on any atom is 0.167 e. The summed E-state index contributed by atoms with van der Waals surface area (Å²) < 4.78 is 19.3.